The van der Waals surface area contributed by atoms with Crippen molar-refractivity contribution in [2.75, 3.05) is 19.6 Å². The van der Waals surface area contributed by atoms with Gasteiger partial charge in [-0.1, -0.05) is 13.0 Å². The number of hydrogen-bond donors (Lipinski definition) is 1. The van der Waals surface area contributed by atoms with Gasteiger partial charge in [0.15, 0.2) is 0 Å². The van der Waals surface area contributed by atoms with E-state index in [1.54, 1.807) is 6.08 Å². The van der Waals surface area contributed by atoms with Crippen LogP contribution in [0.25, 0.3) is 0 Å². The second-order valence-electron chi connectivity index (χ2n) is 3.14. The van der Waals surface area contributed by atoms with Crippen LogP contribution in [-0.2, 0) is 4.79 Å². The molecule has 1 fully saturated rings. The van der Waals surface area contributed by atoms with Gasteiger partial charge in [-0.3, -0.25) is 0 Å². The second-order valence-corrected chi connectivity index (χ2v) is 3.14. The van der Waals surface area contributed by atoms with Crippen molar-refractivity contribution in [3.63, 3.8) is 0 Å². The molecule has 3 nitrogen and oxygen atoms in total. The van der Waals surface area contributed by atoms with Crippen molar-refractivity contribution in [2.45, 2.75) is 13.3 Å². The van der Waals surface area contributed by atoms with Gasteiger partial charge in [-0.2, -0.15) is 0 Å². The molecule has 1 heterocycles. The fraction of sp³-hybridized carbons (Fsp3) is 0.667. The van der Waals surface area contributed by atoms with Crippen LogP contribution in [0.1, 0.15) is 13.3 Å². The molecule has 0 radical (unpaired) electrons. The molecule has 0 aromatic rings. The third-order valence-electron chi connectivity index (χ3n) is 2.27. The number of carboxylic acids is 1. The molecule has 0 amide bonds. The minimum Gasteiger partial charge on any atom is -0.478 e. The van der Waals surface area contributed by atoms with Gasteiger partial charge < -0.3 is 10.0 Å². The summed E-state index contributed by atoms with van der Waals surface area (Å²) in [6.07, 6.45) is 4.15. The molecule has 0 aromatic carbocycles. The minimum absolute atomic E-state index is 0.445. The van der Waals surface area contributed by atoms with Crippen LogP contribution in [0.15, 0.2) is 12.2 Å². The quantitative estimate of drug-likeness (QED) is 0.640. The maximum Gasteiger partial charge on any atom is 0.327 e. The number of carboxylic acid groups (broad SMARTS) is 1. The highest BCUT2D eigenvalue weighted by Crippen LogP contribution is 2.16. The second kappa shape index (κ2) is 4.26. The zero-order valence-electron chi connectivity index (χ0n) is 7.36. The number of hydrogen-bond acceptors (Lipinski definition) is 2. The zero-order valence-corrected chi connectivity index (χ0v) is 7.36. The Hall–Kier alpha value is -0.830. The molecule has 1 unspecified atom stereocenters. The highest BCUT2D eigenvalue weighted by Gasteiger charge is 2.18. The lowest BCUT2D eigenvalue weighted by atomic mass is 10.1. The number of aliphatic carboxylic acids is 1. The summed E-state index contributed by atoms with van der Waals surface area (Å²) < 4.78 is 0. The van der Waals surface area contributed by atoms with Crippen molar-refractivity contribution in [2.24, 2.45) is 5.92 Å². The molecule has 3 heteroatoms. The molecule has 1 N–H and O–H groups in total. The Kier molecular flexibility index (Phi) is 3.29. The van der Waals surface area contributed by atoms with Gasteiger partial charge in [-0.15, -0.1) is 0 Å². The molecule has 68 valence electrons. The van der Waals surface area contributed by atoms with Gasteiger partial charge in [0.05, 0.1) is 0 Å². The van der Waals surface area contributed by atoms with E-state index in [0.29, 0.717) is 5.92 Å². The Morgan fingerprint density at radius 2 is 2.50 bits per heavy atom. The van der Waals surface area contributed by atoms with E-state index < -0.39 is 5.97 Å². The van der Waals surface area contributed by atoms with Crippen molar-refractivity contribution in [1.29, 1.82) is 0 Å². The Labute approximate surface area is 72.7 Å². The van der Waals surface area contributed by atoms with Gasteiger partial charge in [0.25, 0.3) is 0 Å². The van der Waals surface area contributed by atoms with Gasteiger partial charge in [0.1, 0.15) is 0 Å². The van der Waals surface area contributed by atoms with Crippen LogP contribution >= 0.6 is 0 Å². The SMILES string of the molecule is CCN1CCC(/C=C\C(=O)O)C1. The van der Waals surface area contributed by atoms with Crippen molar-refractivity contribution in [1.82, 2.24) is 4.90 Å². The molecule has 1 saturated heterocycles. The lowest BCUT2D eigenvalue weighted by Crippen LogP contribution is -2.19. The standard InChI is InChI=1S/C9H15NO2/c1-2-10-6-5-8(7-10)3-4-9(11)12/h3-4,8H,2,5-7H2,1H3,(H,11,12)/b4-3-. The Balaban J connectivity index is 2.32. The number of carbonyl (C=O) groups is 1. The van der Waals surface area contributed by atoms with Gasteiger partial charge in [0, 0.05) is 12.6 Å². The summed E-state index contributed by atoms with van der Waals surface area (Å²) in [6.45, 7) is 5.31. The fourth-order valence-corrected chi connectivity index (χ4v) is 1.53. The van der Waals surface area contributed by atoms with Crippen LogP contribution in [0, 0.1) is 5.92 Å². The molecular formula is C9H15NO2. The van der Waals surface area contributed by atoms with E-state index in [2.05, 4.69) is 11.8 Å². The van der Waals surface area contributed by atoms with Crippen LogP contribution < -0.4 is 0 Å². The van der Waals surface area contributed by atoms with Crippen LogP contribution in [0.2, 0.25) is 0 Å². The zero-order chi connectivity index (χ0) is 8.97. The van der Waals surface area contributed by atoms with E-state index in [9.17, 15) is 4.79 Å². The third kappa shape index (κ3) is 2.66. The van der Waals surface area contributed by atoms with E-state index in [1.807, 2.05) is 0 Å². The van der Waals surface area contributed by atoms with E-state index in [0.717, 1.165) is 26.1 Å². The number of likely N-dealkylation sites (tertiary alicyclic amines) is 1. The normalized spacial score (nSPS) is 25.2. The highest BCUT2D eigenvalue weighted by atomic mass is 16.4. The summed E-state index contributed by atoms with van der Waals surface area (Å²) in [7, 11) is 0. The number of rotatable bonds is 3. The van der Waals surface area contributed by atoms with E-state index in [1.165, 1.54) is 6.08 Å². The largest absolute Gasteiger partial charge is 0.478 e. The summed E-state index contributed by atoms with van der Waals surface area (Å²) in [5, 5.41) is 8.40. The molecule has 0 saturated carbocycles. The minimum atomic E-state index is -0.843. The monoisotopic (exact) mass is 169 g/mol. The molecule has 0 aromatic heterocycles. The van der Waals surface area contributed by atoms with Gasteiger partial charge >= 0.3 is 5.97 Å². The predicted octanol–water partition coefficient (Wildman–Crippen LogP) is 0.969. The Morgan fingerprint density at radius 3 is 3.00 bits per heavy atom. The van der Waals surface area contributed by atoms with Crippen LogP contribution in [-0.4, -0.2) is 35.6 Å². The van der Waals surface area contributed by atoms with Crippen LogP contribution in [0.4, 0.5) is 0 Å². The fourth-order valence-electron chi connectivity index (χ4n) is 1.53. The first-order valence-corrected chi connectivity index (χ1v) is 4.36. The first kappa shape index (κ1) is 9.26. The van der Waals surface area contributed by atoms with Crippen LogP contribution in [0.3, 0.4) is 0 Å². The summed E-state index contributed by atoms with van der Waals surface area (Å²) in [6, 6.07) is 0. The third-order valence-corrected chi connectivity index (χ3v) is 2.27. The van der Waals surface area contributed by atoms with Gasteiger partial charge in [-0.25, -0.2) is 4.79 Å². The maximum absolute atomic E-state index is 10.2. The molecule has 1 atom stereocenters. The first-order chi connectivity index (χ1) is 5.72. The molecule has 1 aliphatic heterocycles. The average Bonchev–Trinajstić information content (AvgIpc) is 2.48. The summed E-state index contributed by atoms with van der Waals surface area (Å²) in [4.78, 5) is 12.5. The summed E-state index contributed by atoms with van der Waals surface area (Å²) >= 11 is 0. The highest BCUT2D eigenvalue weighted by molar-refractivity contribution is 5.79. The van der Waals surface area contributed by atoms with E-state index >= 15 is 0 Å². The van der Waals surface area contributed by atoms with Crippen molar-refractivity contribution in [3.05, 3.63) is 12.2 Å². The van der Waals surface area contributed by atoms with E-state index in [-0.39, 0.29) is 0 Å². The lowest BCUT2D eigenvalue weighted by Gasteiger charge is -2.10. The summed E-state index contributed by atoms with van der Waals surface area (Å²) in [5.41, 5.74) is 0. The van der Waals surface area contributed by atoms with Gasteiger partial charge in [-0.05, 0) is 25.4 Å². The van der Waals surface area contributed by atoms with Crippen LogP contribution in [0.5, 0.6) is 0 Å². The smallest absolute Gasteiger partial charge is 0.327 e. The van der Waals surface area contributed by atoms with Gasteiger partial charge in [0.2, 0.25) is 0 Å². The molecule has 0 spiro atoms. The molecule has 0 bridgehead atoms. The maximum atomic E-state index is 10.2. The number of nitrogens with zero attached hydrogens (tertiary/aromatic N) is 1. The molecule has 1 aliphatic rings. The molecule has 0 aliphatic carbocycles. The average molecular weight is 169 g/mol. The Morgan fingerprint density at radius 1 is 1.75 bits per heavy atom. The van der Waals surface area contributed by atoms with Crippen molar-refractivity contribution >= 4 is 5.97 Å². The molecule has 1 rings (SSSR count). The predicted molar refractivity (Wildman–Crippen MR) is 47.0 cm³/mol. The first-order valence-electron chi connectivity index (χ1n) is 4.36. The van der Waals surface area contributed by atoms with Crippen molar-refractivity contribution < 1.29 is 9.90 Å². The van der Waals surface area contributed by atoms with Crippen molar-refractivity contribution in [3.8, 4) is 0 Å². The lowest BCUT2D eigenvalue weighted by molar-refractivity contribution is -0.131. The summed E-state index contributed by atoms with van der Waals surface area (Å²) in [5.74, 6) is -0.397. The molecule has 12 heavy (non-hydrogen) atoms. The topological polar surface area (TPSA) is 40.5 Å². The molecular weight excluding hydrogens is 154 g/mol. The van der Waals surface area contributed by atoms with E-state index in [4.69, 9.17) is 5.11 Å². The Bertz CT molecular complexity index is 189.